The van der Waals surface area contributed by atoms with E-state index in [0.29, 0.717) is 10.8 Å². The second-order valence-electron chi connectivity index (χ2n) is 6.56. The number of para-hydroxylation sites is 1. The average Bonchev–Trinajstić information content (AvgIpc) is 2.62. The number of carbonyl (C=O) groups is 1. The van der Waals surface area contributed by atoms with Crippen LogP contribution in [0, 0.1) is 12.7 Å². The molecule has 1 aliphatic rings. The van der Waals surface area contributed by atoms with E-state index in [4.69, 9.17) is 16.3 Å². The van der Waals surface area contributed by atoms with Gasteiger partial charge in [-0.05, 0) is 49.6 Å². The van der Waals surface area contributed by atoms with Crippen LogP contribution in [0.25, 0.3) is 0 Å². The number of carbonyl (C=O) groups excluding carboxylic acids is 1. The number of ether oxygens (including phenoxy) is 1. The molecule has 2 aromatic carbocycles. The number of nitrogens with zero attached hydrogens (tertiary/aromatic N) is 1. The maximum atomic E-state index is 13.7. The van der Waals surface area contributed by atoms with Crippen LogP contribution in [0.2, 0.25) is 5.02 Å². The predicted octanol–water partition coefficient (Wildman–Crippen LogP) is 4.27. The second kappa shape index (κ2) is 8.52. The first-order valence-electron chi connectivity index (χ1n) is 8.71. The van der Waals surface area contributed by atoms with Gasteiger partial charge >= 0.3 is 0 Å². The number of nitrogens with one attached hydrogen (secondary N) is 1. The van der Waals surface area contributed by atoms with Gasteiger partial charge in [0.25, 0.3) is 0 Å². The fourth-order valence-electron chi connectivity index (χ4n) is 3.03. The molecule has 0 aromatic heterocycles. The van der Waals surface area contributed by atoms with E-state index in [1.54, 1.807) is 18.2 Å². The van der Waals surface area contributed by atoms with Crippen LogP contribution in [0.5, 0.6) is 5.75 Å². The number of aryl methyl sites for hydroxylation is 1. The molecule has 0 aliphatic carbocycles. The molecule has 6 heteroatoms. The van der Waals surface area contributed by atoms with Crippen molar-refractivity contribution in [2.24, 2.45) is 0 Å². The summed E-state index contributed by atoms with van der Waals surface area (Å²) in [5.74, 6) is 0.0658. The Hall–Kier alpha value is -2.11. The molecular weight excluding hydrogens is 355 g/mol. The normalized spacial score (nSPS) is 15.7. The summed E-state index contributed by atoms with van der Waals surface area (Å²) < 4.78 is 19.7. The zero-order chi connectivity index (χ0) is 18.5. The molecule has 1 aliphatic heterocycles. The Kier molecular flexibility index (Phi) is 6.12. The van der Waals surface area contributed by atoms with Crippen molar-refractivity contribution in [2.45, 2.75) is 25.9 Å². The van der Waals surface area contributed by atoms with E-state index < -0.39 is 5.82 Å². The number of halogens is 2. The summed E-state index contributed by atoms with van der Waals surface area (Å²) >= 11 is 6.12. The van der Waals surface area contributed by atoms with Crippen molar-refractivity contribution in [3.63, 3.8) is 0 Å². The van der Waals surface area contributed by atoms with Crippen LogP contribution < -0.4 is 10.1 Å². The summed E-state index contributed by atoms with van der Waals surface area (Å²) in [4.78, 5) is 14.2. The molecule has 0 atom stereocenters. The minimum atomic E-state index is -0.421. The Balaban J connectivity index is 1.47. The van der Waals surface area contributed by atoms with Crippen molar-refractivity contribution in [2.75, 3.05) is 25.0 Å². The summed E-state index contributed by atoms with van der Waals surface area (Å²) in [6, 6.07) is 12.1. The van der Waals surface area contributed by atoms with Crippen LogP contribution in [0.15, 0.2) is 42.5 Å². The van der Waals surface area contributed by atoms with E-state index in [-0.39, 0.29) is 24.2 Å². The van der Waals surface area contributed by atoms with E-state index in [1.165, 1.54) is 6.07 Å². The van der Waals surface area contributed by atoms with Crippen molar-refractivity contribution in [1.29, 1.82) is 0 Å². The van der Waals surface area contributed by atoms with E-state index in [0.717, 1.165) is 31.5 Å². The van der Waals surface area contributed by atoms with Crippen molar-refractivity contribution >= 4 is 23.2 Å². The van der Waals surface area contributed by atoms with Gasteiger partial charge < -0.3 is 10.1 Å². The molecule has 2 aromatic rings. The molecule has 1 N–H and O–H groups in total. The summed E-state index contributed by atoms with van der Waals surface area (Å²) in [7, 11) is 0. The second-order valence-corrected chi connectivity index (χ2v) is 6.96. The maximum absolute atomic E-state index is 13.7. The topological polar surface area (TPSA) is 41.6 Å². The van der Waals surface area contributed by atoms with Gasteiger partial charge in [-0.1, -0.05) is 29.8 Å². The zero-order valence-electron chi connectivity index (χ0n) is 14.7. The number of likely N-dealkylation sites (tertiary alicyclic amines) is 1. The monoisotopic (exact) mass is 376 g/mol. The van der Waals surface area contributed by atoms with Gasteiger partial charge in [0.2, 0.25) is 5.91 Å². The Bertz CT molecular complexity index is 776. The third-order valence-corrected chi connectivity index (χ3v) is 4.74. The highest BCUT2D eigenvalue weighted by Crippen LogP contribution is 2.26. The smallest absolute Gasteiger partial charge is 0.238 e. The van der Waals surface area contributed by atoms with Crippen molar-refractivity contribution in [1.82, 2.24) is 4.90 Å². The van der Waals surface area contributed by atoms with Crippen LogP contribution in [-0.4, -0.2) is 36.5 Å². The molecule has 0 radical (unpaired) electrons. The molecule has 0 saturated carbocycles. The number of hydrogen-bond acceptors (Lipinski definition) is 3. The number of benzene rings is 2. The minimum Gasteiger partial charge on any atom is -0.489 e. The van der Waals surface area contributed by atoms with Gasteiger partial charge in [-0.3, -0.25) is 9.69 Å². The summed E-state index contributed by atoms with van der Waals surface area (Å²) in [5, 5.41) is 3.26. The van der Waals surface area contributed by atoms with Crippen LogP contribution in [0.4, 0.5) is 10.1 Å². The average molecular weight is 377 g/mol. The highest BCUT2D eigenvalue weighted by atomic mass is 35.5. The molecule has 1 heterocycles. The van der Waals surface area contributed by atoms with Crippen LogP contribution in [0.1, 0.15) is 18.4 Å². The Morgan fingerprint density at radius 1 is 1.27 bits per heavy atom. The highest BCUT2D eigenvalue weighted by molar-refractivity contribution is 6.32. The Labute approximate surface area is 157 Å². The highest BCUT2D eigenvalue weighted by Gasteiger charge is 2.23. The first kappa shape index (κ1) is 18.7. The fraction of sp³-hybridized carbons (Fsp3) is 0.350. The van der Waals surface area contributed by atoms with Crippen LogP contribution in [0.3, 0.4) is 0 Å². The number of amides is 1. The van der Waals surface area contributed by atoms with Gasteiger partial charge in [-0.25, -0.2) is 4.39 Å². The molecule has 0 spiro atoms. The molecule has 3 rings (SSSR count). The predicted molar refractivity (Wildman–Crippen MR) is 101 cm³/mol. The molecule has 1 amide bonds. The van der Waals surface area contributed by atoms with Gasteiger partial charge in [0.05, 0.1) is 17.3 Å². The standard InChI is InChI=1S/C20H22ClFN2O2/c1-14-6-7-17(22)18(12-14)23-20(25)13-24-10-8-15(9-11-24)26-19-5-3-2-4-16(19)21/h2-7,12,15H,8-11,13H2,1H3,(H,23,25). The van der Waals surface area contributed by atoms with Gasteiger partial charge in [0.15, 0.2) is 0 Å². The van der Waals surface area contributed by atoms with Gasteiger partial charge in [0.1, 0.15) is 17.7 Å². The third-order valence-electron chi connectivity index (χ3n) is 4.43. The van der Waals surface area contributed by atoms with Crippen molar-refractivity contribution in [3.05, 3.63) is 58.9 Å². The largest absolute Gasteiger partial charge is 0.489 e. The maximum Gasteiger partial charge on any atom is 0.238 e. The van der Waals surface area contributed by atoms with Gasteiger partial charge in [-0.2, -0.15) is 0 Å². The molecule has 26 heavy (non-hydrogen) atoms. The number of piperidine rings is 1. The van der Waals surface area contributed by atoms with Crippen molar-refractivity contribution in [3.8, 4) is 5.75 Å². The fourth-order valence-corrected chi connectivity index (χ4v) is 3.21. The quantitative estimate of drug-likeness (QED) is 0.847. The zero-order valence-corrected chi connectivity index (χ0v) is 15.4. The van der Waals surface area contributed by atoms with Crippen LogP contribution >= 0.6 is 11.6 Å². The lowest BCUT2D eigenvalue weighted by Gasteiger charge is -2.31. The van der Waals surface area contributed by atoms with E-state index in [9.17, 15) is 9.18 Å². The Morgan fingerprint density at radius 2 is 2.00 bits per heavy atom. The third kappa shape index (κ3) is 4.96. The summed E-state index contributed by atoms with van der Waals surface area (Å²) in [6.45, 7) is 3.60. The number of anilines is 1. The first-order chi connectivity index (χ1) is 12.5. The molecule has 138 valence electrons. The van der Waals surface area contributed by atoms with E-state index in [2.05, 4.69) is 10.2 Å². The molecule has 0 unspecified atom stereocenters. The molecular formula is C20H22ClFN2O2. The van der Waals surface area contributed by atoms with E-state index >= 15 is 0 Å². The van der Waals surface area contributed by atoms with E-state index in [1.807, 2.05) is 25.1 Å². The first-order valence-corrected chi connectivity index (χ1v) is 9.08. The minimum absolute atomic E-state index is 0.0865. The SMILES string of the molecule is Cc1ccc(F)c(NC(=O)CN2CCC(Oc3ccccc3Cl)CC2)c1. The molecule has 4 nitrogen and oxygen atoms in total. The molecule has 1 fully saturated rings. The summed E-state index contributed by atoms with van der Waals surface area (Å²) in [5.41, 5.74) is 1.13. The van der Waals surface area contributed by atoms with Gasteiger partial charge in [0, 0.05) is 13.1 Å². The lowest BCUT2D eigenvalue weighted by Crippen LogP contribution is -2.42. The Morgan fingerprint density at radius 3 is 2.73 bits per heavy atom. The summed E-state index contributed by atoms with van der Waals surface area (Å²) in [6.07, 6.45) is 1.72. The molecule has 1 saturated heterocycles. The molecule has 0 bridgehead atoms. The van der Waals surface area contributed by atoms with Crippen molar-refractivity contribution < 1.29 is 13.9 Å². The van der Waals surface area contributed by atoms with Crippen LogP contribution in [-0.2, 0) is 4.79 Å². The lowest BCUT2D eigenvalue weighted by atomic mass is 10.1. The number of rotatable bonds is 5. The van der Waals surface area contributed by atoms with Gasteiger partial charge in [-0.15, -0.1) is 0 Å². The number of hydrogen-bond donors (Lipinski definition) is 1. The lowest BCUT2D eigenvalue weighted by molar-refractivity contribution is -0.117.